The molecule has 0 aliphatic heterocycles. The Hall–Kier alpha value is -1.80. The second-order valence-electron chi connectivity index (χ2n) is 14.5. The van der Waals surface area contributed by atoms with Crippen molar-refractivity contribution in [3.8, 4) is 11.1 Å². The predicted molar refractivity (Wildman–Crippen MR) is 173 cm³/mol. The van der Waals surface area contributed by atoms with Gasteiger partial charge in [0.05, 0.1) is 6.10 Å². The standard InChI is InChI=1S/C37H51O3P/c1-21(2)33-31(20-38)37(6,19-24(5)39)35(34(33)25-9-7-10-25)23(4)15-28-14-13-27(18-32(28)41)26-11-8-12-29(17-26)36(40)30-16-22(30)3/h7-9,11-14,17-18,21-25,30-31,33-35,38-39H,10,15-16,19-20,41H2,1-6H3/t22?,23?,24-,25?,30?,31?,33?,34?,35?,37?/m1/s1. The lowest BCUT2D eigenvalue weighted by atomic mass is 9.61. The number of hydrogen-bond donors (Lipinski definition) is 2. The Kier molecular flexibility index (Phi) is 9.02. The average Bonchev–Trinajstić information content (AvgIpc) is 3.55. The van der Waals surface area contributed by atoms with Gasteiger partial charge < -0.3 is 10.2 Å². The van der Waals surface area contributed by atoms with Crippen molar-refractivity contribution in [1.29, 1.82) is 0 Å². The van der Waals surface area contributed by atoms with Crippen molar-refractivity contribution in [3.63, 3.8) is 0 Å². The van der Waals surface area contributed by atoms with E-state index < -0.39 is 6.10 Å². The van der Waals surface area contributed by atoms with Crippen molar-refractivity contribution in [2.24, 2.45) is 58.7 Å². The summed E-state index contributed by atoms with van der Waals surface area (Å²) in [6, 6.07) is 14.9. The van der Waals surface area contributed by atoms with Crippen molar-refractivity contribution >= 4 is 20.3 Å². The highest BCUT2D eigenvalue weighted by molar-refractivity contribution is 7.27. The van der Waals surface area contributed by atoms with Gasteiger partial charge in [0, 0.05) is 18.1 Å². The number of benzene rings is 2. The molecule has 0 heterocycles. The topological polar surface area (TPSA) is 57.5 Å². The number of aliphatic hydroxyl groups excluding tert-OH is 2. The summed E-state index contributed by atoms with van der Waals surface area (Å²) < 4.78 is 0. The summed E-state index contributed by atoms with van der Waals surface area (Å²) in [5.41, 5.74) is 4.27. The van der Waals surface area contributed by atoms with E-state index in [1.165, 1.54) is 10.9 Å². The molecule has 3 aliphatic rings. The Balaban J connectivity index is 1.42. The Bertz CT molecular complexity index is 1280. The zero-order valence-corrected chi connectivity index (χ0v) is 27.0. The van der Waals surface area contributed by atoms with Gasteiger partial charge in [0.2, 0.25) is 0 Å². The average molecular weight is 575 g/mol. The molecule has 4 heteroatoms. The molecule has 3 aliphatic carbocycles. The normalized spacial score (nSPS) is 34.0. The van der Waals surface area contributed by atoms with Crippen LogP contribution in [0.25, 0.3) is 11.1 Å². The number of Topliss-reactive ketones (excluding diaryl/α,β-unsaturated/α-hetero) is 1. The summed E-state index contributed by atoms with van der Waals surface area (Å²) in [5, 5.41) is 22.6. The minimum absolute atomic E-state index is 0.127. The number of aliphatic hydroxyl groups is 2. The Labute approximate surface area is 250 Å². The summed E-state index contributed by atoms with van der Waals surface area (Å²) in [5.74, 6) is 3.99. The van der Waals surface area contributed by atoms with Crippen molar-refractivity contribution < 1.29 is 15.0 Å². The van der Waals surface area contributed by atoms with Crippen LogP contribution < -0.4 is 5.30 Å². The van der Waals surface area contributed by atoms with E-state index in [-0.39, 0.29) is 29.6 Å². The molecule has 2 aromatic carbocycles. The van der Waals surface area contributed by atoms with Gasteiger partial charge in [-0.3, -0.25) is 4.79 Å². The van der Waals surface area contributed by atoms with Gasteiger partial charge in [0.15, 0.2) is 5.78 Å². The third-order valence-corrected chi connectivity index (χ3v) is 11.7. The molecule has 0 saturated heterocycles. The van der Waals surface area contributed by atoms with Crippen LogP contribution in [-0.2, 0) is 6.42 Å². The van der Waals surface area contributed by atoms with Crippen molar-refractivity contribution in [2.45, 2.75) is 73.3 Å². The maximum Gasteiger partial charge on any atom is 0.166 e. The maximum atomic E-state index is 12.9. The molecule has 3 nitrogen and oxygen atoms in total. The van der Waals surface area contributed by atoms with E-state index in [9.17, 15) is 15.0 Å². The molecule has 0 aromatic heterocycles. The predicted octanol–water partition coefficient (Wildman–Crippen LogP) is 7.35. The summed E-state index contributed by atoms with van der Waals surface area (Å²) in [6.07, 6.45) is 8.14. The number of allylic oxidation sites excluding steroid dienone is 2. The van der Waals surface area contributed by atoms with Crippen LogP contribution in [0, 0.1) is 58.7 Å². The van der Waals surface area contributed by atoms with Crippen LogP contribution in [-0.4, -0.2) is 28.7 Å². The lowest BCUT2D eigenvalue weighted by Crippen LogP contribution is -2.40. The van der Waals surface area contributed by atoms with Crippen LogP contribution in [0.2, 0.25) is 0 Å². The van der Waals surface area contributed by atoms with Crippen molar-refractivity contribution in [3.05, 3.63) is 65.7 Å². The molecule has 0 radical (unpaired) electrons. The highest BCUT2D eigenvalue weighted by atomic mass is 31.0. The monoisotopic (exact) mass is 574 g/mol. The van der Waals surface area contributed by atoms with E-state index >= 15 is 0 Å². The zero-order valence-electron chi connectivity index (χ0n) is 25.9. The number of carbonyl (C=O) groups excluding carboxylic acids is 1. The third-order valence-electron chi connectivity index (χ3n) is 11.1. The first kappa shape index (κ1) is 30.7. The number of ketones is 1. The van der Waals surface area contributed by atoms with Crippen molar-refractivity contribution in [2.75, 3.05) is 6.61 Å². The van der Waals surface area contributed by atoms with Gasteiger partial charge >= 0.3 is 0 Å². The fraction of sp³-hybridized carbons (Fsp3) is 0.595. The molecule has 5 rings (SSSR count). The van der Waals surface area contributed by atoms with E-state index in [0.717, 1.165) is 42.4 Å². The van der Waals surface area contributed by atoms with Gasteiger partial charge in [-0.05, 0) is 119 Å². The minimum atomic E-state index is -0.394. The van der Waals surface area contributed by atoms with Gasteiger partial charge in [0.1, 0.15) is 0 Å². The lowest BCUT2D eigenvalue weighted by molar-refractivity contribution is 0.00582. The molecular formula is C37H51O3P. The second kappa shape index (κ2) is 12.1. The van der Waals surface area contributed by atoms with E-state index in [4.69, 9.17) is 0 Å². The van der Waals surface area contributed by atoms with Crippen LogP contribution >= 0.6 is 9.24 Å². The quantitative estimate of drug-likeness (QED) is 0.168. The lowest BCUT2D eigenvalue weighted by Gasteiger charge is -2.44. The molecule has 0 spiro atoms. The number of hydrogen-bond acceptors (Lipinski definition) is 3. The summed E-state index contributed by atoms with van der Waals surface area (Å²) in [7, 11) is 2.97. The Morgan fingerprint density at radius 3 is 2.32 bits per heavy atom. The molecule has 222 valence electrons. The Morgan fingerprint density at radius 1 is 1.10 bits per heavy atom. The van der Waals surface area contributed by atoms with E-state index in [2.05, 4.69) is 86.3 Å². The van der Waals surface area contributed by atoms with Crippen LogP contribution in [0.3, 0.4) is 0 Å². The third kappa shape index (κ3) is 5.89. The smallest absolute Gasteiger partial charge is 0.166 e. The molecule has 41 heavy (non-hydrogen) atoms. The molecule has 2 N–H and O–H groups in total. The number of carbonyl (C=O) groups is 1. The second-order valence-corrected chi connectivity index (χ2v) is 15.1. The first-order chi connectivity index (χ1) is 19.5. The first-order valence-corrected chi connectivity index (χ1v) is 16.5. The molecule has 2 aromatic rings. The summed E-state index contributed by atoms with van der Waals surface area (Å²) in [4.78, 5) is 12.9. The van der Waals surface area contributed by atoms with Crippen LogP contribution in [0.4, 0.5) is 0 Å². The maximum absolute atomic E-state index is 12.9. The summed E-state index contributed by atoms with van der Waals surface area (Å²) in [6.45, 7) is 13.7. The van der Waals surface area contributed by atoms with E-state index in [0.29, 0.717) is 41.4 Å². The highest BCUT2D eigenvalue weighted by Crippen LogP contribution is 2.64. The van der Waals surface area contributed by atoms with Crippen molar-refractivity contribution in [1.82, 2.24) is 0 Å². The van der Waals surface area contributed by atoms with Gasteiger partial charge in [0.25, 0.3) is 0 Å². The number of rotatable bonds is 11. The summed E-state index contributed by atoms with van der Waals surface area (Å²) >= 11 is 0. The van der Waals surface area contributed by atoms with Gasteiger partial charge in [-0.15, -0.1) is 9.24 Å². The largest absolute Gasteiger partial charge is 0.396 e. The SMILES string of the molecule is CC(C)C1C(C2C=CC2)C(C(C)Cc2ccc(-c3cccc(C(=O)C4CC4C)c3)cc2P)C(C)(C[C@@H](C)O)C1CO. The molecular weight excluding hydrogens is 523 g/mol. The van der Waals surface area contributed by atoms with Crippen LogP contribution in [0.5, 0.6) is 0 Å². The van der Waals surface area contributed by atoms with Gasteiger partial charge in [-0.1, -0.05) is 77.1 Å². The first-order valence-electron chi connectivity index (χ1n) is 15.9. The zero-order chi connectivity index (χ0) is 29.6. The minimum Gasteiger partial charge on any atom is -0.396 e. The van der Waals surface area contributed by atoms with E-state index in [1.54, 1.807) is 0 Å². The van der Waals surface area contributed by atoms with E-state index in [1.807, 2.05) is 19.1 Å². The molecule has 0 amide bonds. The van der Waals surface area contributed by atoms with Crippen LogP contribution in [0.1, 0.15) is 76.7 Å². The van der Waals surface area contributed by atoms with Gasteiger partial charge in [-0.2, -0.15) is 0 Å². The molecule has 2 fully saturated rings. The van der Waals surface area contributed by atoms with Gasteiger partial charge in [-0.25, -0.2) is 0 Å². The molecule has 0 bridgehead atoms. The van der Waals surface area contributed by atoms with Crippen LogP contribution in [0.15, 0.2) is 54.6 Å². The molecule has 10 unspecified atom stereocenters. The fourth-order valence-corrected chi connectivity index (χ4v) is 9.54. The molecule has 11 atom stereocenters. The highest BCUT2D eigenvalue weighted by Gasteiger charge is 2.60. The Morgan fingerprint density at radius 2 is 1.78 bits per heavy atom. The molecule has 2 saturated carbocycles. The fourth-order valence-electron chi connectivity index (χ4n) is 9.14.